The number of halogens is 1. The molecule has 1 aliphatic rings. The maximum absolute atomic E-state index is 12.8. The topological polar surface area (TPSA) is 61.2 Å². The third-order valence-corrected chi connectivity index (χ3v) is 3.50. The molecule has 0 aliphatic heterocycles. The molecule has 1 aromatic heterocycles. The van der Waals surface area contributed by atoms with Crippen LogP contribution in [0.3, 0.4) is 0 Å². The third kappa shape index (κ3) is 2.44. The predicted octanol–water partition coefficient (Wildman–Crippen LogP) is 1.84. The number of hydrogen-bond acceptors (Lipinski definition) is 4. The van der Waals surface area contributed by atoms with Crippen LogP contribution in [0.2, 0.25) is 0 Å². The van der Waals surface area contributed by atoms with Crippen LogP contribution < -0.4 is 4.74 Å². The first kappa shape index (κ1) is 13.5. The molecule has 2 aromatic rings. The number of ether oxygens (including phenoxy) is 1. The molecule has 0 fully saturated rings. The second-order valence-electron chi connectivity index (χ2n) is 4.88. The van der Waals surface area contributed by atoms with Crippen molar-refractivity contribution < 1.29 is 18.7 Å². The van der Waals surface area contributed by atoms with Crippen LogP contribution in [0.5, 0.6) is 5.75 Å². The lowest BCUT2D eigenvalue weighted by Crippen LogP contribution is -2.24. The van der Waals surface area contributed by atoms with Crippen molar-refractivity contribution in [3.05, 3.63) is 47.3 Å². The van der Waals surface area contributed by atoms with Gasteiger partial charge in [-0.15, -0.1) is 0 Å². The molecular weight excluding hydrogens is 275 g/mol. The number of ketones is 2. The van der Waals surface area contributed by atoms with Gasteiger partial charge in [0.2, 0.25) is 11.6 Å². The van der Waals surface area contributed by atoms with Gasteiger partial charge >= 0.3 is 0 Å². The van der Waals surface area contributed by atoms with Crippen LogP contribution in [-0.4, -0.2) is 21.1 Å². The summed E-state index contributed by atoms with van der Waals surface area (Å²) in [5, 5.41) is 0. The molecule has 1 aliphatic carbocycles. The van der Waals surface area contributed by atoms with Crippen LogP contribution in [0.1, 0.15) is 28.4 Å². The van der Waals surface area contributed by atoms with Gasteiger partial charge in [-0.3, -0.25) is 9.59 Å². The Labute approximate surface area is 120 Å². The molecule has 0 amide bonds. The molecule has 5 nitrogen and oxygen atoms in total. The molecule has 1 aromatic carbocycles. The van der Waals surface area contributed by atoms with E-state index in [0.29, 0.717) is 29.4 Å². The number of fused-ring (bicyclic) bond motifs is 1. The van der Waals surface area contributed by atoms with Crippen molar-refractivity contribution in [1.29, 1.82) is 0 Å². The number of aryl methyl sites for hydroxylation is 1. The Bertz CT molecular complexity index is 719. The lowest BCUT2D eigenvalue weighted by Gasteiger charge is -2.10. The van der Waals surface area contributed by atoms with E-state index in [4.69, 9.17) is 4.74 Å². The zero-order valence-electron chi connectivity index (χ0n) is 11.4. The summed E-state index contributed by atoms with van der Waals surface area (Å²) in [5.41, 5.74) is 0.990. The van der Waals surface area contributed by atoms with Gasteiger partial charge in [0.1, 0.15) is 29.7 Å². The minimum absolute atomic E-state index is 0.149. The van der Waals surface area contributed by atoms with Crippen LogP contribution in [-0.2, 0) is 24.9 Å². The number of rotatable bonds is 3. The smallest absolute Gasteiger partial charge is 0.246 e. The number of carbonyl (C=O) groups excluding carboxylic acids is 2. The van der Waals surface area contributed by atoms with E-state index in [-0.39, 0.29) is 24.6 Å². The van der Waals surface area contributed by atoms with Gasteiger partial charge in [-0.2, -0.15) is 0 Å². The minimum Gasteiger partial charge on any atom is -0.486 e. The Morgan fingerprint density at radius 3 is 2.67 bits per heavy atom. The highest BCUT2D eigenvalue weighted by molar-refractivity contribution is 6.44. The van der Waals surface area contributed by atoms with Gasteiger partial charge < -0.3 is 9.30 Å². The second-order valence-corrected chi connectivity index (χ2v) is 4.88. The van der Waals surface area contributed by atoms with E-state index in [0.717, 1.165) is 0 Å². The molecule has 6 heteroatoms. The number of Topliss-reactive ketones (excluding diaryl/α,β-unsaturated/α-hetero) is 2. The molecule has 0 radical (unpaired) electrons. The summed E-state index contributed by atoms with van der Waals surface area (Å²) in [5.74, 6) is -0.123. The van der Waals surface area contributed by atoms with Gasteiger partial charge in [-0.05, 0) is 30.7 Å². The predicted molar refractivity (Wildman–Crippen MR) is 71.6 cm³/mol. The van der Waals surface area contributed by atoms with Crippen molar-refractivity contribution in [2.75, 3.05) is 0 Å². The van der Waals surface area contributed by atoms with E-state index in [1.165, 1.54) is 24.3 Å². The maximum atomic E-state index is 12.8. The van der Waals surface area contributed by atoms with Gasteiger partial charge in [0, 0.05) is 13.5 Å². The summed E-state index contributed by atoms with van der Waals surface area (Å²) < 4.78 is 19.9. The first-order valence-corrected chi connectivity index (χ1v) is 6.56. The Kier molecular flexibility index (Phi) is 3.29. The average Bonchev–Trinajstić information content (AvgIpc) is 2.80. The molecule has 0 N–H and O–H groups in total. The first-order valence-electron chi connectivity index (χ1n) is 6.56. The highest BCUT2D eigenvalue weighted by atomic mass is 19.1. The Hall–Kier alpha value is -2.50. The van der Waals surface area contributed by atoms with Crippen molar-refractivity contribution in [3.63, 3.8) is 0 Å². The van der Waals surface area contributed by atoms with Gasteiger partial charge in [-0.1, -0.05) is 0 Å². The van der Waals surface area contributed by atoms with E-state index >= 15 is 0 Å². The lowest BCUT2D eigenvalue weighted by atomic mass is 9.98. The number of imidazole rings is 1. The summed E-state index contributed by atoms with van der Waals surface area (Å²) in [6.07, 6.45) is 0.686. The fourth-order valence-electron chi connectivity index (χ4n) is 2.35. The molecule has 0 bridgehead atoms. The molecule has 0 atom stereocenters. The van der Waals surface area contributed by atoms with Crippen molar-refractivity contribution in [2.45, 2.75) is 19.4 Å². The molecule has 0 saturated carbocycles. The molecule has 21 heavy (non-hydrogen) atoms. The molecule has 1 heterocycles. The summed E-state index contributed by atoms with van der Waals surface area (Å²) in [6.45, 7) is 0.149. The number of aromatic nitrogens is 2. The summed E-state index contributed by atoms with van der Waals surface area (Å²) in [7, 11) is 1.69. The van der Waals surface area contributed by atoms with E-state index in [1.54, 1.807) is 11.6 Å². The van der Waals surface area contributed by atoms with Crippen molar-refractivity contribution >= 4 is 11.6 Å². The zero-order chi connectivity index (χ0) is 15.0. The standard InChI is InChI=1S/C15H13FN2O3/c1-18-13(8-21-10-4-2-9(16)3-5-10)17-11-6-7-12(19)15(20)14(11)18/h2-5H,6-8H2,1H3. The Morgan fingerprint density at radius 2 is 1.95 bits per heavy atom. The van der Waals surface area contributed by atoms with Crippen LogP contribution in [0, 0.1) is 5.82 Å². The molecular formula is C15H13FN2O3. The normalized spacial score (nSPS) is 14.2. The molecule has 3 rings (SSSR count). The average molecular weight is 288 g/mol. The second kappa shape index (κ2) is 5.12. The van der Waals surface area contributed by atoms with Gasteiger partial charge in [-0.25, -0.2) is 9.37 Å². The molecule has 0 unspecified atom stereocenters. The number of hydrogen-bond donors (Lipinski definition) is 0. The summed E-state index contributed by atoms with van der Waals surface area (Å²) in [6, 6.07) is 5.65. The van der Waals surface area contributed by atoms with Crippen molar-refractivity contribution in [3.8, 4) is 5.75 Å². The van der Waals surface area contributed by atoms with E-state index in [1.807, 2.05) is 0 Å². The maximum Gasteiger partial charge on any atom is 0.246 e. The van der Waals surface area contributed by atoms with Gasteiger partial charge in [0.15, 0.2) is 0 Å². The van der Waals surface area contributed by atoms with E-state index in [2.05, 4.69) is 4.98 Å². The van der Waals surface area contributed by atoms with Gasteiger partial charge in [0.25, 0.3) is 0 Å². The van der Waals surface area contributed by atoms with Crippen LogP contribution in [0.15, 0.2) is 24.3 Å². The lowest BCUT2D eigenvalue weighted by molar-refractivity contribution is -0.115. The van der Waals surface area contributed by atoms with Gasteiger partial charge in [0.05, 0.1) is 5.69 Å². The van der Waals surface area contributed by atoms with E-state index < -0.39 is 5.78 Å². The Balaban J connectivity index is 1.81. The highest BCUT2D eigenvalue weighted by Gasteiger charge is 2.30. The monoisotopic (exact) mass is 288 g/mol. The van der Waals surface area contributed by atoms with Crippen LogP contribution in [0.25, 0.3) is 0 Å². The fourth-order valence-corrected chi connectivity index (χ4v) is 2.35. The number of benzene rings is 1. The van der Waals surface area contributed by atoms with Crippen molar-refractivity contribution in [2.24, 2.45) is 7.05 Å². The number of nitrogens with zero attached hydrogens (tertiary/aromatic N) is 2. The SMILES string of the molecule is Cn1c(COc2ccc(F)cc2)nc2c1C(=O)C(=O)CC2. The van der Waals surface area contributed by atoms with E-state index in [9.17, 15) is 14.0 Å². The largest absolute Gasteiger partial charge is 0.486 e. The van der Waals surface area contributed by atoms with Crippen LogP contribution >= 0.6 is 0 Å². The molecule has 0 saturated heterocycles. The number of carbonyl (C=O) groups is 2. The minimum atomic E-state index is -0.487. The van der Waals surface area contributed by atoms with Crippen LogP contribution in [0.4, 0.5) is 4.39 Å². The first-order chi connectivity index (χ1) is 10.1. The highest BCUT2D eigenvalue weighted by Crippen LogP contribution is 2.21. The van der Waals surface area contributed by atoms with Crippen molar-refractivity contribution in [1.82, 2.24) is 9.55 Å². The summed E-state index contributed by atoms with van der Waals surface area (Å²) in [4.78, 5) is 27.7. The Morgan fingerprint density at radius 1 is 1.24 bits per heavy atom. The third-order valence-electron chi connectivity index (χ3n) is 3.50. The fraction of sp³-hybridized carbons (Fsp3) is 0.267. The summed E-state index contributed by atoms with van der Waals surface area (Å²) >= 11 is 0. The molecule has 108 valence electrons. The molecule has 0 spiro atoms. The zero-order valence-corrected chi connectivity index (χ0v) is 11.4. The quantitative estimate of drug-likeness (QED) is 0.808.